The van der Waals surface area contributed by atoms with Crippen molar-refractivity contribution >= 4 is 29.2 Å². The van der Waals surface area contributed by atoms with Gasteiger partial charge in [-0.2, -0.15) is 11.3 Å². The highest BCUT2D eigenvalue weighted by molar-refractivity contribution is 7.07. The number of hydrogen-bond acceptors (Lipinski definition) is 4. The molecule has 6 nitrogen and oxygen atoms in total. The molecular formula is C12H16N2O4S. The first-order valence-corrected chi connectivity index (χ1v) is 6.71. The highest BCUT2D eigenvalue weighted by Gasteiger charge is 2.13. The van der Waals surface area contributed by atoms with E-state index in [1.54, 1.807) is 18.4 Å². The van der Waals surface area contributed by atoms with Crippen LogP contribution in [0.25, 0.3) is 0 Å². The summed E-state index contributed by atoms with van der Waals surface area (Å²) in [6, 6.07) is 1.43. The minimum Gasteiger partial charge on any atom is -0.481 e. The quantitative estimate of drug-likeness (QED) is 0.832. The minimum absolute atomic E-state index is 0.0321. The lowest BCUT2D eigenvalue weighted by atomic mass is 10.2. The van der Waals surface area contributed by atoms with Crippen molar-refractivity contribution in [2.45, 2.75) is 25.8 Å². The van der Waals surface area contributed by atoms with Crippen LogP contribution in [0.5, 0.6) is 0 Å². The molecular weight excluding hydrogens is 268 g/mol. The van der Waals surface area contributed by atoms with Crippen LogP contribution in [0, 0.1) is 0 Å². The van der Waals surface area contributed by atoms with Gasteiger partial charge in [0.05, 0.1) is 0 Å². The molecule has 3 amide bonds. The highest BCUT2D eigenvalue weighted by Crippen LogP contribution is 2.08. The fourth-order valence-corrected chi connectivity index (χ4v) is 2.07. The molecule has 0 saturated carbocycles. The Balaban J connectivity index is 2.29. The number of urea groups is 1. The molecule has 1 rings (SSSR count). The van der Waals surface area contributed by atoms with Crippen molar-refractivity contribution in [3.63, 3.8) is 0 Å². The summed E-state index contributed by atoms with van der Waals surface area (Å²) in [6.07, 6.45) is 0.180. The zero-order chi connectivity index (χ0) is 14.3. The van der Waals surface area contributed by atoms with E-state index in [9.17, 15) is 14.4 Å². The van der Waals surface area contributed by atoms with Crippen molar-refractivity contribution in [1.82, 2.24) is 10.2 Å². The van der Waals surface area contributed by atoms with E-state index in [0.29, 0.717) is 6.54 Å². The maximum absolute atomic E-state index is 11.7. The Morgan fingerprint density at radius 3 is 2.68 bits per heavy atom. The van der Waals surface area contributed by atoms with Gasteiger partial charge >= 0.3 is 12.0 Å². The van der Waals surface area contributed by atoms with Gasteiger partial charge in [0.25, 0.3) is 0 Å². The van der Waals surface area contributed by atoms with E-state index in [1.165, 1.54) is 4.90 Å². The molecule has 1 heterocycles. The second kappa shape index (κ2) is 7.52. The van der Waals surface area contributed by atoms with Crippen LogP contribution in [0.2, 0.25) is 0 Å². The van der Waals surface area contributed by atoms with Crippen LogP contribution in [-0.2, 0) is 16.1 Å². The van der Waals surface area contributed by atoms with Crippen LogP contribution < -0.4 is 5.32 Å². The summed E-state index contributed by atoms with van der Waals surface area (Å²) < 4.78 is 0. The summed E-state index contributed by atoms with van der Waals surface area (Å²) in [5, 5.41) is 14.5. The number of amides is 3. The minimum atomic E-state index is -0.950. The van der Waals surface area contributed by atoms with E-state index < -0.39 is 17.9 Å². The van der Waals surface area contributed by atoms with E-state index in [0.717, 1.165) is 5.56 Å². The molecule has 104 valence electrons. The van der Waals surface area contributed by atoms with Gasteiger partial charge in [0.15, 0.2) is 0 Å². The number of imide groups is 1. The van der Waals surface area contributed by atoms with Crippen molar-refractivity contribution in [2.24, 2.45) is 0 Å². The second-order valence-electron chi connectivity index (χ2n) is 4.09. The highest BCUT2D eigenvalue weighted by atomic mass is 32.1. The first-order chi connectivity index (χ1) is 8.99. The van der Waals surface area contributed by atoms with E-state index >= 15 is 0 Å². The topological polar surface area (TPSA) is 86.7 Å². The van der Waals surface area contributed by atoms with Gasteiger partial charge in [-0.15, -0.1) is 0 Å². The summed E-state index contributed by atoms with van der Waals surface area (Å²) in [5.74, 6) is -1.41. The van der Waals surface area contributed by atoms with Gasteiger partial charge < -0.3 is 10.0 Å². The van der Waals surface area contributed by atoms with Crippen LogP contribution in [0.3, 0.4) is 0 Å². The first kappa shape index (κ1) is 15.2. The van der Waals surface area contributed by atoms with E-state index in [-0.39, 0.29) is 19.3 Å². The molecule has 0 bridgehead atoms. The molecule has 7 heteroatoms. The van der Waals surface area contributed by atoms with Crippen molar-refractivity contribution < 1.29 is 19.5 Å². The third-order valence-electron chi connectivity index (χ3n) is 2.39. The Kier molecular flexibility index (Phi) is 6.01. The van der Waals surface area contributed by atoms with Crippen molar-refractivity contribution in [3.8, 4) is 0 Å². The number of carbonyl (C=O) groups is 3. The summed E-state index contributed by atoms with van der Waals surface area (Å²) in [7, 11) is 1.59. The summed E-state index contributed by atoms with van der Waals surface area (Å²) in [6.45, 7) is 0.428. The van der Waals surface area contributed by atoms with Gasteiger partial charge in [0.1, 0.15) is 0 Å². The SMILES string of the molecule is CN(Cc1ccsc1)C(=O)NC(=O)CCCC(=O)O. The lowest BCUT2D eigenvalue weighted by Gasteiger charge is -2.16. The third-order valence-corrected chi connectivity index (χ3v) is 3.12. The van der Waals surface area contributed by atoms with Gasteiger partial charge in [-0.05, 0) is 28.8 Å². The largest absolute Gasteiger partial charge is 0.481 e. The van der Waals surface area contributed by atoms with Crippen LogP contribution in [0.1, 0.15) is 24.8 Å². The van der Waals surface area contributed by atoms with E-state index in [2.05, 4.69) is 5.32 Å². The number of nitrogens with zero attached hydrogens (tertiary/aromatic N) is 1. The predicted molar refractivity (Wildman–Crippen MR) is 70.8 cm³/mol. The van der Waals surface area contributed by atoms with Crippen molar-refractivity contribution in [3.05, 3.63) is 22.4 Å². The summed E-state index contributed by atoms with van der Waals surface area (Å²) >= 11 is 1.54. The molecule has 0 unspecified atom stereocenters. The van der Waals surface area contributed by atoms with E-state index in [1.807, 2.05) is 16.8 Å². The van der Waals surface area contributed by atoms with Crippen LogP contribution in [-0.4, -0.2) is 35.0 Å². The predicted octanol–water partition coefficient (Wildman–Crippen LogP) is 1.67. The molecule has 2 N–H and O–H groups in total. The van der Waals surface area contributed by atoms with Crippen molar-refractivity contribution in [1.29, 1.82) is 0 Å². The number of carboxylic acids is 1. The van der Waals surface area contributed by atoms with Gasteiger partial charge in [-0.1, -0.05) is 0 Å². The Labute approximate surface area is 115 Å². The van der Waals surface area contributed by atoms with Gasteiger partial charge in [0, 0.05) is 26.4 Å². The number of hydrogen-bond donors (Lipinski definition) is 2. The molecule has 0 aliphatic rings. The summed E-state index contributed by atoms with van der Waals surface area (Å²) in [5.41, 5.74) is 1.00. The fraction of sp³-hybridized carbons (Fsp3) is 0.417. The second-order valence-corrected chi connectivity index (χ2v) is 4.87. The van der Waals surface area contributed by atoms with Gasteiger partial charge in [-0.3, -0.25) is 14.9 Å². The molecule has 0 aliphatic carbocycles. The Hall–Kier alpha value is -1.89. The molecule has 0 atom stereocenters. The smallest absolute Gasteiger partial charge is 0.324 e. The maximum Gasteiger partial charge on any atom is 0.324 e. The third kappa shape index (κ3) is 6.01. The summed E-state index contributed by atoms with van der Waals surface area (Å²) in [4.78, 5) is 34.7. The Bertz CT molecular complexity index is 445. The Morgan fingerprint density at radius 1 is 1.37 bits per heavy atom. The average molecular weight is 284 g/mol. The number of thiophene rings is 1. The maximum atomic E-state index is 11.7. The molecule has 0 aliphatic heterocycles. The molecule has 0 spiro atoms. The molecule has 0 aromatic carbocycles. The molecule has 1 aromatic heterocycles. The van der Waals surface area contributed by atoms with Crippen LogP contribution >= 0.6 is 11.3 Å². The molecule has 0 fully saturated rings. The van der Waals surface area contributed by atoms with Crippen molar-refractivity contribution in [2.75, 3.05) is 7.05 Å². The monoisotopic (exact) mass is 284 g/mol. The average Bonchev–Trinajstić information content (AvgIpc) is 2.81. The fourth-order valence-electron chi connectivity index (χ4n) is 1.41. The van der Waals surface area contributed by atoms with Gasteiger partial charge in [-0.25, -0.2) is 4.79 Å². The molecule has 1 aromatic rings. The van der Waals surface area contributed by atoms with E-state index in [4.69, 9.17) is 5.11 Å². The van der Waals surface area contributed by atoms with Crippen LogP contribution in [0.4, 0.5) is 4.79 Å². The lowest BCUT2D eigenvalue weighted by molar-refractivity contribution is -0.137. The number of carboxylic acid groups (broad SMARTS) is 1. The molecule has 19 heavy (non-hydrogen) atoms. The first-order valence-electron chi connectivity index (χ1n) is 5.77. The normalized spacial score (nSPS) is 9.95. The number of rotatable bonds is 6. The lowest BCUT2D eigenvalue weighted by Crippen LogP contribution is -2.40. The van der Waals surface area contributed by atoms with Crippen LogP contribution in [0.15, 0.2) is 16.8 Å². The number of carbonyl (C=O) groups excluding carboxylic acids is 2. The number of aliphatic carboxylic acids is 1. The molecule has 0 radical (unpaired) electrons. The molecule has 0 saturated heterocycles. The Morgan fingerprint density at radius 2 is 2.11 bits per heavy atom. The van der Waals surface area contributed by atoms with Gasteiger partial charge in [0.2, 0.25) is 5.91 Å². The zero-order valence-corrected chi connectivity index (χ0v) is 11.4. The number of nitrogens with one attached hydrogen (secondary N) is 1. The standard InChI is InChI=1S/C12H16N2O4S/c1-14(7-9-5-6-19-8-9)12(18)13-10(15)3-2-4-11(16)17/h5-6,8H,2-4,7H2,1H3,(H,16,17)(H,13,15,18). The zero-order valence-electron chi connectivity index (χ0n) is 10.6.